The average molecular weight is 237 g/mol. The van der Waals surface area contributed by atoms with Crippen LogP contribution in [0, 0.1) is 5.82 Å². The lowest BCUT2D eigenvalue weighted by Crippen LogP contribution is -2.12. The van der Waals surface area contributed by atoms with Gasteiger partial charge in [0.05, 0.1) is 5.56 Å². The number of nitrogens with zero attached hydrogens (tertiary/aromatic N) is 1. The lowest BCUT2D eigenvalue weighted by atomic mass is 10.2. The molecule has 1 aromatic carbocycles. The van der Waals surface area contributed by atoms with Gasteiger partial charge in [-0.1, -0.05) is 0 Å². The van der Waals surface area contributed by atoms with Crippen LogP contribution < -0.4 is 5.76 Å². The number of hydrogen-bond donors (Lipinski definition) is 1. The third-order valence-corrected chi connectivity index (χ3v) is 2.82. The molecule has 2 aromatic rings. The second kappa shape index (κ2) is 3.19. The Bertz CT molecular complexity index is 681. The Morgan fingerprint density at radius 1 is 1.47 bits per heavy atom. The maximum Gasteiger partial charge on any atom is 0.420 e. The van der Waals surface area contributed by atoms with Crippen LogP contribution in [0.5, 0.6) is 0 Å². The molecule has 6 heteroatoms. The Balaban J connectivity index is 2.35. The van der Waals surface area contributed by atoms with Gasteiger partial charge in [0, 0.05) is 6.04 Å². The van der Waals surface area contributed by atoms with Crippen molar-refractivity contribution in [1.82, 2.24) is 4.57 Å². The second-order valence-corrected chi connectivity index (χ2v) is 4.08. The van der Waals surface area contributed by atoms with Crippen LogP contribution in [0.4, 0.5) is 4.39 Å². The molecule has 0 radical (unpaired) electrons. The fourth-order valence-corrected chi connectivity index (χ4v) is 1.91. The number of hydrogen-bond acceptors (Lipinski definition) is 3. The van der Waals surface area contributed by atoms with E-state index < -0.39 is 17.5 Å². The first-order valence-corrected chi connectivity index (χ1v) is 5.16. The van der Waals surface area contributed by atoms with Crippen molar-refractivity contribution in [3.8, 4) is 0 Å². The van der Waals surface area contributed by atoms with Gasteiger partial charge in [0.2, 0.25) is 0 Å². The number of aromatic carboxylic acids is 1. The van der Waals surface area contributed by atoms with Crippen LogP contribution in [0.15, 0.2) is 21.3 Å². The van der Waals surface area contributed by atoms with E-state index in [9.17, 15) is 14.0 Å². The Hall–Kier alpha value is -2.11. The number of rotatable bonds is 2. The fourth-order valence-electron chi connectivity index (χ4n) is 1.91. The van der Waals surface area contributed by atoms with Crippen LogP contribution in [-0.2, 0) is 0 Å². The molecule has 1 saturated carbocycles. The highest BCUT2D eigenvalue weighted by molar-refractivity contribution is 5.92. The molecule has 1 fully saturated rings. The molecule has 0 saturated heterocycles. The monoisotopic (exact) mass is 237 g/mol. The van der Waals surface area contributed by atoms with Crippen molar-refractivity contribution in [3.05, 3.63) is 34.1 Å². The summed E-state index contributed by atoms with van der Waals surface area (Å²) in [5.74, 6) is -2.63. The summed E-state index contributed by atoms with van der Waals surface area (Å²) in [7, 11) is 0. The molecular weight excluding hydrogens is 229 g/mol. The standard InChI is InChI=1S/C11H8FNO4/c12-7-3-5(10(14)15)4-8-9(7)13(6-1-2-6)11(16)17-8/h3-4,6H,1-2H2,(H,14,15). The van der Waals surface area contributed by atoms with Crippen molar-refractivity contribution in [3.63, 3.8) is 0 Å². The van der Waals surface area contributed by atoms with Crippen molar-refractivity contribution >= 4 is 17.1 Å². The number of carbonyl (C=O) groups is 1. The predicted molar refractivity (Wildman–Crippen MR) is 55.7 cm³/mol. The van der Waals surface area contributed by atoms with Gasteiger partial charge in [-0.3, -0.25) is 4.57 Å². The first-order chi connectivity index (χ1) is 8.08. The minimum Gasteiger partial charge on any atom is -0.478 e. The normalized spacial score (nSPS) is 15.4. The van der Waals surface area contributed by atoms with E-state index in [1.807, 2.05) is 0 Å². The van der Waals surface area contributed by atoms with Crippen LogP contribution in [0.1, 0.15) is 29.2 Å². The second-order valence-electron chi connectivity index (χ2n) is 4.08. The van der Waals surface area contributed by atoms with Crippen LogP contribution in [0.3, 0.4) is 0 Å². The van der Waals surface area contributed by atoms with Crippen molar-refractivity contribution in [2.75, 3.05) is 0 Å². The summed E-state index contributed by atoms with van der Waals surface area (Å²) in [6, 6.07) is 2.05. The van der Waals surface area contributed by atoms with E-state index in [-0.39, 0.29) is 22.7 Å². The minimum absolute atomic E-state index is 0.0145. The molecule has 5 nitrogen and oxygen atoms in total. The van der Waals surface area contributed by atoms with E-state index in [1.54, 1.807) is 0 Å². The molecule has 1 aliphatic carbocycles. The first kappa shape index (κ1) is 10.1. The van der Waals surface area contributed by atoms with E-state index in [0.717, 1.165) is 18.9 Å². The van der Waals surface area contributed by atoms with Crippen LogP contribution >= 0.6 is 0 Å². The van der Waals surface area contributed by atoms with Gasteiger partial charge >= 0.3 is 11.7 Å². The summed E-state index contributed by atoms with van der Waals surface area (Å²) >= 11 is 0. The number of carboxylic acid groups (broad SMARTS) is 1. The summed E-state index contributed by atoms with van der Waals surface area (Å²) in [4.78, 5) is 22.3. The summed E-state index contributed by atoms with van der Waals surface area (Å²) in [5.41, 5.74) is -0.187. The third-order valence-electron chi connectivity index (χ3n) is 2.82. The molecule has 88 valence electrons. The number of carboxylic acids is 1. The van der Waals surface area contributed by atoms with Crippen LogP contribution in [0.2, 0.25) is 0 Å². The maximum atomic E-state index is 13.8. The number of fused-ring (bicyclic) bond motifs is 1. The first-order valence-electron chi connectivity index (χ1n) is 5.16. The Kier molecular flexibility index (Phi) is 1.89. The highest BCUT2D eigenvalue weighted by Gasteiger charge is 2.30. The van der Waals surface area contributed by atoms with Gasteiger partial charge in [0.15, 0.2) is 11.4 Å². The van der Waals surface area contributed by atoms with E-state index >= 15 is 0 Å². The summed E-state index contributed by atoms with van der Waals surface area (Å²) in [6.45, 7) is 0. The van der Waals surface area contributed by atoms with Crippen LogP contribution in [-0.4, -0.2) is 15.6 Å². The summed E-state index contributed by atoms with van der Waals surface area (Å²) in [6.07, 6.45) is 1.63. The topological polar surface area (TPSA) is 72.4 Å². The van der Waals surface area contributed by atoms with Gasteiger partial charge in [-0.05, 0) is 25.0 Å². The zero-order valence-electron chi connectivity index (χ0n) is 8.64. The SMILES string of the molecule is O=C(O)c1cc(F)c2c(c1)oc(=O)n2C1CC1. The maximum absolute atomic E-state index is 13.8. The molecule has 0 atom stereocenters. The Labute approximate surface area is 94.1 Å². The van der Waals surface area contributed by atoms with Crippen molar-refractivity contribution in [1.29, 1.82) is 0 Å². The predicted octanol–water partition coefficient (Wildman–Crippen LogP) is 1.77. The van der Waals surface area contributed by atoms with Gasteiger partial charge in [-0.15, -0.1) is 0 Å². The lowest BCUT2D eigenvalue weighted by molar-refractivity contribution is 0.0696. The van der Waals surface area contributed by atoms with Gasteiger partial charge in [0.1, 0.15) is 5.52 Å². The molecule has 1 N–H and O–H groups in total. The lowest BCUT2D eigenvalue weighted by Gasteiger charge is -2.00. The summed E-state index contributed by atoms with van der Waals surface area (Å²) < 4.78 is 19.9. The minimum atomic E-state index is -1.26. The quantitative estimate of drug-likeness (QED) is 0.863. The van der Waals surface area contributed by atoms with E-state index in [2.05, 4.69) is 0 Å². The van der Waals surface area contributed by atoms with Crippen molar-refractivity contribution in [2.45, 2.75) is 18.9 Å². The number of aromatic nitrogens is 1. The van der Waals surface area contributed by atoms with Gasteiger partial charge in [-0.2, -0.15) is 0 Å². The number of benzene rings is 1. The Morgan fingerprint density at radius 2 is 2.18 bits per heavy atom. The molecular formula is C11H8FNO4. The van der Waals surface area contributed by atoms with E-state index in [1.165, 1.54) is 10.6 Å². The van der Waals surface area contributed by atoms with Gasteiger partial charge in [0.25, 0.3) is 0 Å². The average Bonchev–Trinajstić information content (AvgIpc) is 3.01. The zero-order valence-corrected chi connectivity index (χ0v) is 8.64. The smallest absolute Gasteiger partial charge is 0.420 e. The number of oxazole rings is 1. The molecule has 0 unspecified atom stereocenters. The fraction of sp³-hybridized carbons (Fsp3) is 0.273. The number of halogens is 1. The van der Waals surface area contributed by atoms with Crippen molar-refractivity contribution < 1.29 is 18.7 Å². The van der Waals surface area contributed by atoms with Crippen LogP contribution in [0.25, 0.3) is 11.1 Å². The third kappa shape index (κ3) is 1.44. The molecule has 0 bridgehead atoms. The summed E-state index contributed by atoms with van der Waals surface area (Å²) in [5, 5.41) is 8.77. The van der Waals surface area contributed by atoms with E-state index in [4.69, 9.17) is 9.52 Å². The highest BCUT2D eigenvalue weighted by Crippen LogP contribution is 2.36. The molecule has 0 aliphatic heterocycles. The Morgan fingerprint density at radius 3 is 2.76 bits per heavy atom. The molecule has 3 rings (SSSR count). The molecule has 1 heterocycles. The molecule has 17 heavy (non-hydrogen) atoms. The highest BCUT2D eigenvalue weighted by atomic mass is 19.1. The van der Waals surface area contributed by atoms with Gasteiger partial charge < -0.3 is 9.52 Å². The molecule has 0 amide bonds. The van der Waals surface area contributed by atoms with Crippen molar-refractivity contribution in [2.24, 2.45) is 0 Å². The molecule has 0 spiro atoms. The van der Waals surface area contributed by atoms with Gasteiger partial charge in [-0.25, -0.2) is 14.0 Å². The molecule has 1 aliphatic rings. The largest absolute Gasteiger partial charge is 0.478 e. The van der Waals surface area contributed by atoms with E-state index in [0.29, 0.717) is 0 Å². The molecule has 1 aromatic heterocycles. The zero-order chi connectivity index (χ0) is 12.2.